The van der Waals surface area contributed by atoms with Crippen LogP contribution in [-0.2, 0) is 26.2 Å². The minimum absolute atomic E-state index is 0.153. The summed E-state index contributed by atoms with van der Waals surface area (Å²) in [7, 11) is -1.57. The maximum absolute atomic E-state index is 14.7. The van der Waals surface area contributed by atoms with E-state index in [2.05, 4.69) is 5.32 Å². The number of sulfonamides is 1. The van der Waals surface area contributed by atoms with E-state index < -0.39 is 40.2 Å². The van der Waals surface area contributed by atoms with Crippen LogP contribution in [0.25, 0.3) is 0 Å². The van der Waals surface area contributed by atoms with Gasteiger partial charge in [0, 0.05) is 24.7 Å². The van der Waals surface area contributed by atoms with E-state index in [1.54, 1.807) is 18.2 Å². The summed E-state index contributed by atoms with van der Waals surface area (Å²) in [6.45, 7) is 7.06. The Labute approximate surface area is 258 Å². The Kier molecular flexibility index (Phi) is 12.0. The Morgan fingerprint density at radius 1 is 0.932 bits per heavy atom. The van der Waals surface area contributed by atoms with E-state index in [1.807, 2.05) is 20.8 Å². The fourth-order valence-electron chi connectivity index (χ4n) is 4.35. The fraction of sp³-hybridized carbons (Fsp3) is 0.375. The summed E-state index contributed by atoms with van der Waals surface area (Å²) in [6.07, 6.45) is 0. The highest BCUT2D eigenvalue weighted by Crippen LogP contribution is 2.33. The van der Waals surface area contributed by atoms with Crippen molar-refractivity contribution >= 4 is 27.5 Å². The molecule has 0 aliphatic carbocycles. The van der Waals surface area contributed by atoms with Crippen molar-refractivity contribution in [3.8, 4) is 17.2 Å². The Balaban J connectivity index is 2.08. The first-order valence-corrected chi connectivity index (χ1v) is 15.6. The highest BCUT2D eigenvalue weighted by atomic mass is 32.2. The third-order valence-electron chi connectivity index (χ3n) is 6.81. The van der Waals surface area contributed by atoms with Crippen LogP contribution in [0.3, 0.4) is 0 Å². The molecule has 44 heavy (non-hydrogen) atoms. The molecule has 0 fully saturated rings. The van der Waals surface area contributed by atoms with Gasteiger partial charge in [0.1, 0.15) is 24.2 Å². The van der Waals surface area contributed by atoms with Crippen molar-refractivity contribution in [1.29, 1.82) is 0 Å². The SMILES string of the molecule is CCOc1ccc(N(CC(=O)N(Cc2ccccc2F)C(C)C(=O)NCC(C)C)S(=O)(=O)c2ccc(OC)c(OC)c2)cc1. The average Bonchev–Trinajstić information content (AvgIpc) is 3.01. The third-order valence-corrected chi connectivity index (χ3v) is 8.58. The number of carbonyl (C=O) groups is 2. The number of hydrogen-bond acceptors (Lipinski definition) is 7. The molecule has 0 saturated heterocycles. The van der Waals surface area contributed by atoms with Crippen LogP contribution in [0.5, 0.6) is 17.2 Å². The lowest BCUT2D eigenvalue weighted by molar-refractivity contribution is -0.139. The molecule has 1 atom stereocenters. The molecule has 12 heteroatoms. The van der Waals surface area contributed by atoms with Crippen LogP contribution in [0.15, 0.2) is 71.6 Å². The molecule has 0 saturated carbocycles. The summed E-state index contributed by atoms with van der Waals surface area (Å²) in [6, 6.07) is 15.2. The van der Waals surface area contributed by atoms with E-state index in [-0.39, 0.29) is 34.4 Å². The quantitative estimate of drug-likeness (QED) is 0.261. The second-order valence-corrected chi connectivity index (χ2v) is 12.2. The molecule has 2 amide bonds. The maximum atomic E-state index is 14.7. The third kappa shape index (κ3) is 8.40. The minimum atomic E-state index is -4.38. The number of ether oxygens (including phenoxy) is 3. The first-order chi connectivity index (χ1) is 20.9. The Bertz CT molecular complexity index is 1530. The molecule has 0 radical (unpaired) electrons. The van der Waals surface area contributed by atoms with E-state index in [9.17, 15) is 22.4 Å². The van der Waals surface area contributed by atoms with Gasteiger partial charge in [-0.05, 0) is 62.2 Å². The fourth-order valence-corrected chi connectivity index (χ4v) is 5.78. The predicted molar refractivity (Wildman–Crippen MR) is 166 cm³/mol. The normalized spacial score (nSPS) is 11.9. The monoisotopic (exact) mass is 629 g/mol. The number of nitrogens with zero attached hydrogens (tertiary/aromatic N) is 2. The van der Waals surface area contributed by atoms with Crippen LogP contribution in [0.1, 0.15) is 33.3 Å². The van der Waals surface area contributed by atoms with Crippen molar-refractivity contribution in [3.05, 3.63) is 78.1 Å². The first-order valence-electron chi connectivity index (χ1n) is 14.2. The van der Waals surface area contributed by atoms with E-state index in [1.165, 1.54) is 74.6 Å². The van der Waals surface area contributed by atoms with Crippen LogP contribution in [0.2, 0.25) is 0 Å². The topological polar surface area (TPSA) is 114 Å². The molecule has 1 unspecified atom stereocenters. The zero-order chi connectivity index (χ0) is 32.4. The largest absolute Gasteiger partial charge is 0.494 e. The molecule has 3 aromatic rings. The number of hydrogen-bond donors (Lipinski definition) is 1. The number of benzene rings is 3. The predicted octanol–water partition coefficient (Wildman–Crippen LogP) is 4.63. The molecule has 0 spiro atoms. The lowest BCUT2D eigenvalue weighted by Gasteiger charge is -2.32. The van der Waals surface area contributed by atoms with Crippen molar-refractivity contribution in [2.24, 2.45) is 5.92 Å². The van der Waals surface area contributed by atoms with Gasteiger partial charge in [-0.25, -0.2) is 12.8 Å². The van der Waals surface area contributed by atoms with Crippen LogP contribution in [0.4, 0.5) is 10.1 Å². The smallest absolute Gasteiger partial charge is 0.264 e. The summed E-state index contributed by atoms with van der Waals surface area (Å²) in [5, 5.41) is 2.80. The van der Waals surface area contributed by atoms with Crippen molar-refractivity contribution < 1.29 is 36.6 Å². The van der Waals surface area contributed by atoms with Crippen LogP contribution < -0.4 is 23.8 Å². The van der Waals surface area contributed by atoms with Gasteiger partial charge in [0.2, 0.25) is 11.8 Å². The second-order valence-electron chi connectivity index (χ2n) is 10.4. The zero-order valence-electron chi connectivity index (χ0n) is 25.9. The Morgan fingerprint density at radius 2 is 1.59 bits per heavy atom. The summed E-state index contributed by atoms with van der Waals surface area (Å²) < 4.78 is 60.0. The molecule has 238 valence electrons. The molecular weight excluding hydrogens is 589 g/mol. The van der Waals surface area contributed by atoms with Crippen LogP contribution in [0, 0.1) is 11.7 Å². The lowest BCUT2D eigenvalue weighted by Crippen LogP contribution is -2.51. The minimum Gasteiger partial charge on any atom is -0.494 e. The first kappa shape index (κ1) is 34.2. The van der Waals surface area contributed by atoms with Crippen LogP contribution in [-0.4, -0.2) is 65.1 Å². The summed E-state index contributed by atoms with van der Waals surface area (Å²) in [5.74, 6) is -0.527. The van der Waals surface area contributed by atoms with E-state index in [0.717, 1.165) is 4.31 Å². The highest BCUT2D eigenvalue weighted by Gasteiger charge is 2.33. The second kappa shape index (κ2) is 15.4. The number of carbonyl (C=O) groups excluding carboxylic acids is 2. The number of methoxy groups -OCH3 is 2. The number of halogens is 1. The molecule has 0 heterocycles. The summed E-state index contributed by atoms with van der Waals surface area (Å²) >= 11 is 0. The summed E-state index contributed by atoms with van der Waals surface area (Å²) in [4.78, 5) is 28.2. The van der Waals surface area contributed by atoms with Gasteiger partial charge in [-0.1, -0.05) is 32.0 Å². The van der Waals surface area contributed by atoms with E-state index >= 15 is 0 Å². The number of nitrogens with one attached hydrogen (secondary N) is 1. The molecule has 3 aromatic carbocycles. The molecule has 10 nitrogen and oxygen atoms in total. The van der Waals surface area contributed by atoms with Gasteiger partial charge in [0.15, 0.2) is 11.5 Å². The Hall–Kier alpha value is -4.32. The van der Waals surface area contributed by atoms with Crippen molar-refractivity contribution in [2.75, 3.05) is 38.2 Å². The average molecular weight is 630 g/mol. The van der Waals surface area contributed by atoms with Gasteiger partial charge >= 0.3 is 0 Å². The van der Waals surface area contributed by atoms with Gasteiger partial charge in [0.05, 0.1) is 31.4 Å². The number of amides is 2. The molecule has 0 aliphatic rings. The van der Waals surface area contributed by atoms with E-state index in [4.69, 9.17) is 14.2 Å². The molecule has 0 bridgehead atoms. The number of anilines is 1. The van der Waals surface area contributed by atoms with Gasteiger partial charge < -0.3 is 24.4 Å². The molecular formula is C32H40FN3O7S. The number of rotatable bonds is 15. The Morgan fingerprint density at radius 3 is 2.18 bits per heavy atom. The summed E-state index contributed by atoms with van der Waals surface area (Å²) in [5.41, 5.74) is 0.360. The standard InChI is InChI=1S/C32H40FN3O7S/c1-7-43-26-14-12-25(13-15-26)36(44(39,40)27-16-17-29(41-5)30(18-27)42-6)21-31(37)35(20-24-10-8-9-11-28(24)33)23(4)32(38)34-19-22(2)3/h8-18,22-23H,7,19-21H2,1-6H3,(H,34,38). The van der Waals surface area contributed by atoms with Crippen molar-refractivity contribution in [3.63, 3.8) is 0 Å². The van der Waals surface area contributed by atoms with E-state index in [0.29, 0.717) is 24.7 Å². The van der Waals surface area contributed by atoms with Crippen molar-refractivity contribution in [2.45, 2.75) is 45.2 Å². The zero-order valence-corrected chi connectivity index (χ0v) is 26.7. The van der Waals surface area contributed by atoms with Crippen LogP contribution >= 0.6 is 0 Å². The molecule has 3 rings (SSSR count). The van der Waals surface area contributed by atoms with Gasteiger partial charge in [0.25, 0.3) is 10.0 Å². The molecule has 0 aromatic heterocycles. The molecule has 0 aliphatic heterocycles. The van der Waals surface area contributed by atoms with Gasteiger partial charge in [-0.3, -0.25) is 13.9 Å². The van der Waals surface area contributed by atoms with Gasteiger partial charge in [-0.2, -0.15) is 0 Å². The van der Waals surface area contributed by atoms with Crippen molar-refractivity contribution in [1.82, 2.24) is 10.2 Å². The lowest BCUT2D eigenvalue weighted by atomic mass is 10.1. The maximum Gasteiger partial charge on any atom is 0.264 e. The molecule has 1 N–H and O–H groups in total. The highest BCUT2D eigenvalue weighted by molar-refractivity contribution is 7.92. The van der Waals surface area contributed by atoms with Gasteiger partial charge in [-0.15, -0.1) is 0 Å².